The van der Waals surface area contributed by atoms with Crippen LogP contribution in [0.4, 0.5) is 11.4 Å². The van der Waals surface area contributed by atoms with Crippen LogP contribution in [0.3, 0.4) is 0 Å². The van der Waals surface area contributed by atoms with Crippen LogP contribution in [0.1, 0.15) is 34.1 Å². The van der Waals surface area contributed by atoms with Crippen molar-refractivity contribution in [3.8, 4) is 0 Å². The fraction of sp³-hybridized carbons (Fsp3) is 0.607. The average Bonchev–Trinajstić information content (AvgIpc) is 3.47. The number of benzene rings is 1. The number of halogens is 1. The summed E-state index contributed by atoms with van der Waals surface area (Å²) in [5, 5.41) is 20.4. The Morgan fingerprint density at radius 2 is 1.84 bits per heavy atom. The minimum Gasteiger partial charge on any atom is -0.481 e. The summed E-state index contributed by atoms with van der Waals surface area (Å²) in [6.45, 7) is 13.3. The number of carboxylic acids is 1. The molecular weight excluding hydrogens is 554 g/mol. The lowest BCUT2D eigenvalue weighted by molar-refractivity contribution is -0.151. The molecule has 3 heterocycles. The van der Waals surface area contributed by atoms with Crippen LogP contribution in [0.25, 0.3) is 0 Å². The van der Waals surface area contributed by atoms with E-state index in [9.17, 15) is 24.6 Å². The van der Waals surface area contributed by atoms with Gasteiger partial charge in [0, 0.05) is 35.8 Å². The van der Waals surface area contributed by atoms with Crippen LogP contribution in [0.5, 0.6) is 0 Å². The molecule has 208 valence electrons. The Labute approximate surface area is 232 Å². The van der Waals surface area contributed by atoms with E-state index < -0.39 is 47.5 Å². The molecule has 2 bridgehead atoms. The number of aliphatic hydroxyl groups excluding tert-OH is 1. The smallest absolute Gasteiger partial charge is 0.310 e. The van der Waals surface area contributed by atoms with Gasteiger partial charge in [0.15, 0.2) is 0 Å². The SMILES string of the molecule is C=CCN(C(=O)C1N([C@@H](CO)C(C)C)C(=O)[C@@H]2[C@H](C(=O)O)[C@H]3OC12CC3Br)c1ccc(N(CC)CC)cc1. The zero-order valence-electron chi connectivity index (χ0n) is 22.4. The van der Waals surface area contributed by atoms with Gasteiger partial charge >= 0.3 is 5.97 Å². The van der Waals surface area contributed by atoms with Crippen LogP contribution in [-0.2, 0) is 19.1 Å². The van der Waals surface area contributed by atoms with Crippen LogP contribution in [-0.4, -0.2) is 87.8 Å². The number of hydrogen-bond acceptors (Lipinski definition) is 6. The molecule has 4 rings (SSSR count). The Hall–Kier alpha value is -2.43. The molecule has 10 heteroatoms. The molecule has 1 aromatic carbocycles. The van der Waals surface area contributed by atoms with Gasteiger partial charge in [-0.1, -0.05) is 35.9 Å². The summed E-state index contributed by atoms with van der Waals surface area (Å²) in [5.74, 6) is -4.18. The summed E-state index contributed by atoms with van der Waals surface area (Å²) in [6.07, 6.45) is 1.23. The molecule has 0 aromatic heterocycles. The zero-order chi connectivity index (χ0) is 27.9. The molecule has 1 aromatic rings. The Morgan fingerprint density at radius 1 is 1.24 bits per heavy atom. The first-order valence-electron chi connectivity index (χ1n) is 13.3. The van der Waals surface area contributed by atoms with E-state index in [0.717, 1.165) is 18.8 Å². The third-order valence-electron chi connectivity index (χ3n) is 8.43. The molecule has 3 aliphatic heterocycles. The quantitative estimate of drug-likeness (QED) is 0.301. The molecule has 38 heavy (non-hydrogen) atoms. The van der Waals surface area contributed by atoms with Crippen LogP contribution in [0.2, 0.25) is 0 Å². The molecule has 0 radical (unpaired) electrons. The van der Waals surface area contributed by atoms with E-state index in [1.54, 1.807) is 11.0 Å². The van der Waals surface area contributed by atoms with Gasteiger partial charge in [-0.2, -0.15) is 0 Å². The molecule has 0 saturated carbocycles. The molecule has 3 unspecified atom stereocenters. The topological polar surface area (TPSA) is 111 Å². The van der Waals surface area contributed by atoms with E-state index in [2.05, 4.69) is 41.3 Å². The van der Waals surface area contributed by atoms with E-state index in [0.29, 0.717) is 12.1 Å². The predicted molar refractivity (Wildman–Crippen MR) is 148 cm³/mol. The second-order valence-corrected chi connectivity index (χ2v) is 11.8. The van der Waals surface area contributed by atoms with Gasteiger partial charge in [0.1, 0.15) is 11.6 Å². The van der Waals surface area contributed by atoms with Crippen LogP contribution < -0.4 is 9.80 Å². The molecule has 2 amide bonds. The van der Waals surface area contributed by atoms with E-state index in [4.69, 9.17) is 4.74 Å². The first-order valence-corrected chi connectivity index (χ1v) is 14.2. The minimum absolute atomic E-state index is 0.170. The van der Waals surface area contributed by atoms with Crippen LogP contribution in [0.15, 0.2) is 36.9 Å². The third kappa shape index (κ3) is 4.34. The summed E-state index contributed by atoms with van der Waals surface area (Å²) >= 11 is 3.57. The first kappa shape index (κ1) is 28.6. The van der Waals surface area contributed by atoms with Gasteiger partial charge in [-0.15, -0.1) is 6.58 Å². The second kappa shape index (κ2) is 11.0. The van der Waals surface area contributed by atoms with E-state index >= 15 is 0 Å². The molecule has 1 spiro atoms. The molecular formula is C28H38BrN3O6. The maximum Gasteiger partial charge on any atom is 0.310 e. The van der Waals surface area contributed by atoms with Gasteiger partial charge in [0.05, 0.1) is 30.6 Å². The van der Waals surface area contributed by atoms with Crippen molar-refractivity contribution in [2.75, 3.05) is 36.0 Å². The number of rotatable bonds is 11. The Kier molecular flexibility index (Phi) is 8.26. The number of carbonyl (C=O) groups excluding carboxylic acids is 2. The standard InChI is InChI=1S/C28H38BrN3O6/c1-6-13-31(18-11-9-17(10-12-18)30(7-2)8-3)26(35)24-28-14-19(29)23(38-28)21(27(36)37)22(28)25(34)32(24)20(15-33)16(4)5/h6,9-12,16,19-24,33H,1,7-8,13-15H2,2-5H3,(H,36,37)/t19?,20-,21-,22-,23-,24?,28?/m0/s1. The first-order chi connectivity index (χ1) is 18.1. The summed E-state index contributed by atoms with van der Waals surface area (Å²) < 4.78 is 6.37. The number of carbonyl (C=O) groups is 3. The van der Waals surface area contributed by atoms with Crippen molar-refractivity contribution in [2.45, 2.75) is 62.7 Å². The summed E-state index contributed by atoms with van der Waals surface area (Å²) in [6, 6.07) is 5.91. The van der Waals surface area contributed by atoms with Crippen molar-refractivity contribution in [2.24, 2.45) is 17.8 Å². The zero-order valence-corrected chi connectivity index (χ0v) is 24.0. The van der Waals surface area contributed by atoms with Gasteiger partial charge in [-0.3, -0.25) is 14.4 Å². The number of aliphatic carboxylic acids is 1. The van der Waals surface area contributed by atoms with Gasteiger partial charge in [0.25, 0.3) is 5.91 Å². The van der Waals surface area contributed by atoms with Gasteiger partial charge in [0.2, 0.25) is 5.91 Å². The lowest BCUT2D eigenvalue weighted by atomic mass is 9.70. The van der Waals surface area contributed by atoms with Gasteiger partial charge < -0.3 is 29.6 Å². The van der Waals surface area contributed by atoms with Crippen molar-refractivity contribution >= 4 is 45.1 Å². The molecule has 9 nitrogen and oxygen atoms in total. The molecule has 3 fully saturated rings. The molecule has 0 aliphatic carbocycles. The number of ether oxygens (including phenoxy) is 1. The maximum atomic E-state index is 14.5. The molecule has 3 aliphatic rings. The van der Waals surface area contributed by atoms with Crippen molar-refractivity contribution in [1.29, 1.82) is 0 Å². The summed E-state index contributed by atoms with van der Waals surface area (Å²) in [7, 11) is 0. The number of fused-ring (bicyclic) bond motifs is 1. The highest BCUT2D eigenvalue weighted by atomic mass is 79.9. The average molecular weight is 593 g/mol. The summed E-state index contributed by atoms with van der Waals surface area (Å²) in [5.41, 5.74) is 0.366. The highest BCUT2D eigenvalue weighted by Crippen LogP contribution is 2.60. The minimum atomic E-state index is -1.31. The monoisotopic (exact) mass is 591 g/mol. The van der Waals surface area contributed by atoms with Crippen molar-refractivity contribution < 1.29 is 29.3 Å². The number of hydrogen-bond donors (Lipinski definition) is 2. The normalized spacial score (nSPS) is 30.4. The van der Waals surface area contributed by atoms with Crippen LogP contribution in [0, 0.1) is 17.8 Å². The largest absolute Gasteiger partial charge is 0.481 e. The summed E-state index contributed by atoms with van der Waals surface area (Å²) in [4.78, 5) is 45.7. The number of carboxylic acid groups (broad SMARTS) is 1. The van der Waals surface area contributed by atoms with Gasteiger partial charge in [-0.05, 0) is 50.5 Å². The number of alkyl halides is 1. The molecule has 2 N–H and O–H groups in total. The highest BCUT2D eigenvalue weighted by Gasteiger charge is 2.77. The van der Waals surface area contributed by atoms with Gasteiger partial charge in [-0.25, -0.2) is 0 Å². The number of aliphatic hydroxyl groups is 1. The van der Waals surface area contributed by atoms with Crippen molar-refractivity contribution in [3.05, 3.63) is 36.9 Å². The highest BCUT2D eigenvalue weighted by molar-refractivity contribution is 9.09. The number of nitrogens with zero attached hydrogens (tertiary/aromatic N) is 3. The lowest BCUT2D eigenvalue weighted by Crippen LogP contribution is -2.60. The fourth-order valence-corrected chi connectivity index (χ4v) is 7.58. The predicted octanol–water partition coefficient (Wildman–Crippen LogP) is 2.90. The van der Waals surface area contributed by atoms with Crippen molar-refractivity contribution in [1.82, 2.24) is 4.90 Å². The van der Waals surface area contributed by atoms with Crippen molar-refractivity contribution in [3.63, 3.8) is 0 Å². The number of anilines is 2. The lowest BCUT2D eigenvalue weighted by Gasteiger charge is -2.40. The Balaban J connectivity index is 1.81. The Morgan fingerprint density at radius 3 is 2.34 bits per heavy atom. The van der Waals surface area contributed by atoms with E-state index in [-0.39, 0.29) is 29.8 Å². The number of amides is 2. The third-order valence-corrected chi connectivity index (χ3v) is 9.27. The Bertz CT molecular complexity index is 1080. The second-order valence-electron chi connectivity index (χ2n) is 10.7. The fourth-order valence-electron chi connectivity index (χ4n) is 6.64. The van der Waals surface area contributed by atoms with Crippen LogP contribution >= 0.6 is 15.9 Å². The van der Waals surface area contributed by atoms with E-state index in [1.165, 1.54) is 4.90 Å². The molecule has 7 atom stereocenters. The number of likely N-dealkylation sites (tertiary alicyclic amines) is 1. The van der Waals surface area contributed by atoms with E-state index in [1.807, 2.05) is 38.1 Å². The maximum absolute atomic E-state index is 14.5. The molecule has 3 saturated heterocycles.